The molecule has 8 nitrogen and oxygen atoms in total. The third kappa shape index (κ3) is 6.27. The third-order valence-corrected chi connectivity index (χ3v) is 5.99. The highest BCUT2D eigenvalue weighted by Crippen LogP contribution is 2.36. The van der Waals surface area contributed by atoms with Gasteiger partial charge in [0.15, 0.2) is 11.5 Å². The third-order valence-electron chi connectivity index (χ3n) is 4.80. The van der Waals surface area contributed by atoms with Gasteiger partial charge in [-0.2, -0.15) is 0 Å². The molecule has 1 atom stereocenters. The molecule has 3 rings (SSSR count). The number of ether oxygens (including phenoxy) is 3. The highest BCUT2D eigenvalue weighted by Gasteiger charge is 2.21. The van der Waals surface area contributed by atoms with Crippen molar-refractivity contribution in [3.63, 3.8) is 0 Å². The maximum absolute atomic E-state index is 12.3. The Morgan fingerprint density at radius 3 is 2.68 bits per heavy atom. The first-order chi connectivity index (χ1) is 14.7. The lowest BCUT2D eigenvalue weighted by molar-refractivity contribution is -0.121. The minimum Gasteiger partial charge on any atom is -0.491 e. The van der Waals surface area contributed by atoms with Gasteiger partial charge in [0.2, 0.25) is 22.7 Å². The van der Waals surface area contributed by atoms with Crippen molar-refractivity contribution in [2.24, 2.45) is 0 Å². The predicted molar refractivity (Wildman–Crippen MR) is 118 cm³/mol. The molecule has 1 aliphatic rings. The number of aryl methyl sites for hydroxylation is 1. The molecule has 9 heteroatoms. The van der Waals surface area contributed by atoms with E-state index in [4.69, 9.17) is 14.2 Å². The molecular formula is C22H28N2O6S. The van der Waals surface area contributed by atoms with Crippen LogP contribution >= 0.6 is 0 Å². The van der Waals surface area contributed by atoms with Crippen LogP contribution in [0.25, 0.3) is 0 Å². The summed E-state index contributed by atoms with van der Waals surface area (Å²) in [5.41, 5.74) is 1.51. The molecular weight excluding hydrogens is 420 g/mol. The average Bonchev–Trinajstić information content (AvgIpc) is 3.17. The summed E-state index contributed by atoms with van der Waals surface area (Å²) in [7, 11) is -3.51. The molecule has 0 saturated carbocycles. The standard InChI is InChI=1S/C22H28N2O6S/c1-16-7-4-5-8-19(16)28-14-17(2)23-22(25)9-6-12-24(31(3,26)27)18-10-11-20-21(13-18)30-15-29-20/h4-5,7-8,10-11,13,17H,6,9,12,14-15H2,1-3H3,(H,23,25)/t17-/m1/s1. The SMILES string of the molecule is Cc1ccccc1OC[C@@H](C)NC(=O)CCCN(c1ccc2c(c1)OCO2)S(C)(=O)=O. The lowest BCUT2D eigenvalue weighted by Crippen LogP contribution is -2.37. The lowest BCUT2D eigenvalue weighted by Gasteiger charge is -2.23. The minimum absolute atomic E-state index is 0.115. The summed E-state index contributed by atoms with van der Waals surface area (Å²) in [4.78, 5) is 12.3. The largest absolute Gasteiger partial charge is 0.491 e. The van der Waals surface area contributed by atoms with E-state index in [0.29, 0.717) is 30.2 Å². The van der Waals surface area contributed by atoms with E-state index in [0.717, 1.165) is 17.6 Å². The highest BCUT2D eigenvalue weighted by molar-refractivity contribution is 7.92. The molecule has 1 amide bonds. The number of sulfonamides is 1. The second-order valence-corrected chi connectivity index (χ2v) is 9.43. The Labute approximate surface area is 183 Å². The van der Waals surface area contributed by atoms with Crippen LogP contribution in [0.1, 0.15) is 25.3 Å². The van der Waals surface area contributed by atoms with E-state index in [-0.39, 0.29) is 31.7 Å². The van der Waals surface area contributed by atoms with Gasteiger partial charge >= 0.3 is 0 Å². The van der Waals surface area contributed by atoms with Crippen LogP contribution in [-0.4, -0.2) is 46.6 Å². The monoisotopic (exact) mass is 448 g/mol. The van der Waals surface area contributed by atoms with Gasteiger partial charge in [-0.1, -0.05) is 18.2 Å². The van der Waals surface area contributed by atoms with Crippen molar-refractivity contribution in [2.45, 2.75) is 32.7 Å². The molecule has 31 heavy (non-hydrogen) atoms. The van der Waals surface area contributed by atoms with Crippen LogP contribution in [0.3, 0.4) is 0 Å². The summed E-state index contributed by atoms with van der Waals surface area (Å²) < 4.78 is 42.2. The van der Waals surface area contributed by atoms with E-state index >= 15 is 0 Å². The fraction of sp³-hybridized carbons (Fsp3) is 0.409. The van der Waals surface area contributed by atoms with Gasteiger partial charge in [-0.15, -0.1) is 0 Å². The molecule has 0 saturated heterocycles. The minimum atomic E-state index is -3.51. The van der Waals surface area contributed by atoms with Crippen molar-refractivity contribution in [1.29, 1.82) is 0 Å². The van der Waals surface area contributed by atoms with E-state index in [1.54, 1.807) is 18.2 Å². The number of hydrogen-bond donors (Lipinski definition) is 1. The van der Waals surface area contributed by atoms with Gasteiger partial charge in [0.1, 0.15) is 12.4 Å². The van der Waals surface area contributed by atoms with Gasteiger partial charge in [0, 0.05) is 19.0 Å². The number of benzene rings is 2. The van der Waals surface area contributed by atoms with Crippen LogP contribution < -0.4 is 23.8 Å². The molecule has 0 aromatic heterocycles. The summed E-state index contributed by atoms with van der Waals surface area (Å²) in [6.07, 6.45) is 1.71. The smallest absolute Gasteiger partial charge is 0.232 e. The molecule has 0 spiro atoms. The fourth-order valence-electron chi connectivity index (χ4n) is 3.23. The van der Waals surface area contributed by atoms with Crippen LogP contribution in [0, 0.1) is 6.92 Å². The molecule has 0 aliphatic carbocycles. The lowest BCUT2D eigenvalue weighted by atomic mass is 10.2. The van der Waals surface area contributed by atoms with Crippen molar-refractivity contribution < 1.29 is 27.4 Å². The van der Waals surface area contributed by atoms with E-state index in [1.807, 2.05) is 38.1 Å². The molecule has 0 fully saturated rings. The van der Waals surface area contributed by atoms with Crippen LogP contribution in [0.2, 0.25) is 0 Å². The predicted octanol–water partition coefficient (Wildman–Crippen LogP) is 2.85. The van der Waals surface area contributed by atoms with Crippen molar-refractivity contribution in [3.05, 3.63) is 48.0 Å². The maximum atomic E-state index is 12.3. The van der Waals surface area contributed by atoms with Gasteiger partial charge in [-0.25, -0.2) is 8.42 Å². The molecule has 2 aromatic carbocycles. The van der Waals surface area contributed by atoms with Gasteiger partial charge in [-0.05, 0) is 44.0 Å². The molecule has 168 valence electrons. The van der Waals surface area contributed by atoms with Crippen LogP contribution in [-0.2, 0) is 14.8 Å². The number of para-hydroxylation sites is 1. The normalized spacial score (nSPS) is 13.5. The zero-order chi connectivity index (χ0) is 22.4. The Hall–Kier alpha value is -2.94. The molecule has 0 radical (unpaired) electrons. The first-order valence-corrected chi connectivity index (χ1v) is 11.9. The number of anilines is 1. The summed E-state index contributed by atoms with van der Waals surface area (Å²) in [5, 5.41) is 2.89. The summed E-state index contributed by atoms with van der Waals surface area (Å²) in [5.74, 6) is 1.72. The van der Waals surface area contributed by atoms with E-state index in [2.05, 4.69) is 5.32 Å². The number of hydrogen-bond acceptors (Lipinski definition) is 6. The fourth-order valence-corrected chi connectivity index (χ4v) is 4.19. The Kier molecular flexibility index (Phi) is 7.27. The Bertz CT molecular complexity index is 1020. The Morgan fingerprint density at radius 1 is 1.19 bits per heavy atom. The van der Waals surface area contributed by atoms with Crippen molar-refractivity contribution in [2.75, 3.05) is 30.5 Å². The number of carbonyl (C=O) groups is 1. The number of rotatable bonds is 10. The van der Waals surface area contributed by atoms with Gasteiger partial charge in [-0.3, -0.25) is 9.10 Å². The zero-order valence-electron chi connectivity index (χ0n) is 18.0. The second kappa shape index (κ2) is 9.91. The number of fused-ring (bicyclic) bond motifs is 1. The Morgan fingerprint density at radius 2 is 1.94 bits per heavy atom. The van der Waals surface area contributed by atoms with E-state index < -0.39 is 10.0 Å². The highest BCUT2D eigenvalue weighted by atomic mass is 32.2. The van der Waals surface area contributed by atoms with E-state index in [9.17, 15) is 13.2 Å². The molecule has 0 bridgehead atoms. The summed E-state index contributed by atoms with van der Waals surface area (Å²) >= 11 is 0. The molecule has 1 aliphatic heterocycles. The topological polar surface area (TPSA) is 94.2 Å². The van der Waals surface area contributed by atoms with E-state index in [1.165, 1.54) is 4.31 Å². The van der Waals surface area contributed by atoms with Gasteiger partial charge < -0.3 is 19.5 Å². The maximum Gasteiger partial charge on any atom is 0.232 e. The molecule has 1 N–H and O–H groups in total. The van der Waals surface area contributed by atoms with Crippen LogP contribution in [0.15, 0.2) is 42.5 Å². The van der Waals surface area contributed by atoms with Crippen LogP contribution in [0.4, 0.5) is 5.69 Å². The second-order valence-electron chi connectivity index (χ2n) is 7.52. The van der Waals surface area contributed by atoms with Crippen molar-refractivity contribution in [3.8, 4) is 17.2 Å². The number of nitrogens with zero attached hydrogens (tertiary/aromatic N) is 1. The first kappa shape index (κ1) is 22.7. The molecule has 0 unspecified atom stereocenters. The molecule has 2 aromatic rings. The average molecular weight is 449 g/mol. The van der Waals surface area contributed by atoms with Crippen molar-refractivity contribution in [1.82, 2.24) is 5.32 Å². The number of nitrogens with one attached hydrogen (secondary N) is 1. The Balaban J connectivity index is 1.49. The van der Waals surface area contributed by atoms with Gasteiger partial charge in [0.05, 0.1) is 18.0 Å². The quantitative estimate of drug-likeness (QED) is 0.601. The van der Waals surface area contributed by atoms with Crippen LogP contribution in [0.5, 0.6) is 17.2 Å². The summed E-state index contributed by atoms with van der Waals surface area (Å²) in [6, 6.07) is 12.5. The zero-order valence-corrected chi connectivity index (χ0v) is 18.8. The number of amides is 1. The first-order valence-electron chi connectivity index (χ1n) is 10.1. The summed E-state index contributed by atoms with van der Waals surface area (Å²) in [6.45, 7) is 4.48. The molecule has 1 heterocycles. The van der Waals surface area contributed by atoms with Crippen molar-refractivity contribution >= 4 is 21.6 Å². The van der Waals surface area contributed by atoms with Gasteiger partial charge in [0.25, 0.3) is 0 Å². The number of carbonyl (C=O) groups excluding carboxylic acids is 1.